The van der Waals surface area contributed by atoms with Crippen LogP contribution in [0.1, 0.15) is 22.4 Å². The van der Waals surface area contributed by atoms with Crippen LogP contribution in [-0.2, 0) is 22.6 Å². The highest BCUT2D eigenvalue weighted by atomic mass is 16.5. The normalized spacial score (nSPS) is 10.0. The number of hydrogen-bond donors (Lipinski definition) is 4. The minimum Gasteiger partial charge on any atom is -0.497 e. The molecule has 1 heterocycles. The summed E-state index contributed by atoms with van der Waals surface area (Å²) in [6, 6.07) is 16.0. The number of carboxylic acids is 2. The number of hydrogen-bond acceptors (Lipinski definition) is 5. The van der Waals surface area contributed by atoms with Crippen molar-refractivity contribution in [1.82, 2.24) is 10.3 Å². The van der Waals surface area contributed by atoms with Gasteiger partial charge in [0.2, 0.25) is 0 Å². The fourth-order valence-corrected chi connectivity index (χ4v) is 2.95. The quantitative estimate of drug-likeness (QED) is 0.363. The number of methoxy groups -OCH3 is 1. The number of aryl methyl sites for hydroxylation is 1. The Hall–Kier alpha value is -3.83. The second-order valence-corrected chi connectivity index (χ2v) is 6.49. The number of benzene rings is 2. The number of rotatable bonds is 6. The van der Waals surface area contributed by atoms with Crippen molar-refractivity contribution in [2.75, 3.05) is 13.7 Å². The molecule has 8 nitrogen and oxygen atoms in total. The monoisotopic (exact) mass is 409 g/mol. The zero-order valence-corrected chi connectivity index (χ0v) is 16.7. The molecule has 0 fully saturated rings. The molecule has 30 heavy (non-hydrogen) atoms. The Morgan fingerprint density at radius 3 is 2.37 bits per heavy atom. The Kier molecular flexibility index (Phi) is 7.97. The van der Waals surface area contributed by atoms with Crippen molar-refractivity contribution >= 4 is 22.8 Å². The average Bonchev–Trinajstić information content (AvgIpc) is 3.06. The van der Waals surface area contributed by atoms with Crippen LogP contribution in [0.3, 0.4) is 0 Å². The Bertz CT molecular complexity index is 1050. The van der Waals surface area contributed by atoms with Crippen molar-refractivity contribution in [1.29, 1.82) is 5.26 Å². The van der Waals surface area contributed by atoms with Gasteiger partial charge < -0.3 is 25.3 Å². The lowest BCUT2D eigenvalue weighted by molar-refractivity contribution is -0.159. The zero-order valence-electron chi connectivity index (χ0n) is 16.7. The number of ether oxygens (including phenoxy) is 1. The van der Waals surface area contributed by atoms with Crippen LogP contribution in [0.15, 0.2) is 42.5 Å². The molecule has 0 unspecified atom stereocenters. The predicted molar refractivity (Wildman–Crippen MR) is 111 cm³/mol. The molecule has 0 aliphatic heterocycles. The highest BCUT2D eigenvalue weighted by Crippen LogP contribution is 2.26. The van der Waals surface area contributed by atoms with Crippen molar-refractivity contribution in [3.63, 3.8) is 0 Å². The Labute approximate surface area is 173 Å². The van der Waals surface area contributed by atoms with Crippen LogP contribution >= 0.6 is 0 Å². The molecule has 0 aliphatic carbocycles. The smallest absolute Gasteiger partial charge is 0.414 e. The fourth-order valence-electron chi connectivity index (χ4n) is 2.95. The summed E-state index contributed by atoms with van der Waals surface area (Å²) in [5, 5.41) is 28.3. The standard InChI is InChI=1S/C20H21N3O.C2H2O4/c1-14-18(19-11-17(24-2)7-8-20(19)23-14)9-10-22-13-16-5-3-15(12-21)4-6-16;3-1(4)2(5)6/h3-8,11,22-23H,9-10,13H2,1-2H3;(H,3,4)(H,5,6). The maximum Gasteiger partial charge on any atom is 0.414 e. The molecule has 3 rings (SSSR count). The lowest BCUT2D eigenvalue weighted by atomic mass is 10.1. The van der Waals surface area contributed by atoms with Gasteiger partial charge in [0, 0.05) is 23.1 Å². The van der Waals surface area contributed by atoms with E-state index in [0.29, 0.717) is 5.56 Å². The molecule has 0 saturated carbocycles. The number of carbonyl (C=O) groups is 2. The summed E-state index contributed by atoms with van der Waals surface area (Å²) in [4.78, 5) is 21.6. The lowest BCUT2D eigenvalue weighted by Crippen LogP contribution is -2.16. The minimum atomic E-state index is -1.82. The fraction of sp³-hybridized carbons (Fsp3) is 0.227. The number of nitrogens with zero attached hydrogens (tertiary/aromatic N) is 1. The largest absolute Gasteiger partial charge is 0.497 e. The van der Waals surface area contributed by atoms with E-state index in [1.54, 1.807) is 7.11 Å². The van der Waals surface area contributed by atoms with E-state index in [9.17, 15) is 0 Å². The molecule has 3 aromatic rings. The van der Waals surface area contributed by atoms with E-state index in [1.165, 1.54) is 22.2 Å². The Morgan fingerprint density at radius 1 is 1.13 bits per heavy atom. The maximum atomic E-state index is 9.10. The molecule has 2 aromatic carbocycles. The van der Waals surface area contributed by atoms with E-state index in [2.05, 4.69) is 35.4 Å². The molecule has 1 aromatic heterocycles. The van der Waals surface area contributed by atoms with Gasteiger partial charge in [0.1, 0.15) is 5.75 Å². The second-order valence-electron chi connectivity index (χ2n) is 6.49. The molecule has 8 heteroatoms. The van der Waals surface area contributed by atoms with E-state index in [-0.39, 0.29) is 0 Å². The van der Waals surface area contributed by atoms with Crippen LogP contribution in [0.5, 0.6) is 5.75 Å². The number of aromatic amines is 1. The van der Waals surface area contributed by atoms with E-state index in [4.69, 9.17) is 29.8 Å². The first kappa shape index (κ1) is 22.5. The molecule has 0 amide bonds. The summed E-state index contributed by atoms with van der Waals surface area (Å²) in [5.41, 5.74) is 5.57. The van der Waals surface area contributed by atoms with Gasteiger partial charge in [-0.1, -0.05) is 12.1 Å². The first-order valence-electron chi connectivity index (χ1n) is 9.17. The number of fused-ring (bicyclic) bond motifs is 1. The molecule has 0 aliphatic rings. The zero-order chi connectivity index (χ0) is 22.1. The summed E-state index contributed by atoms with van der Waals surface area (Å²) in [5.74, 6) is -2.77. The number of nitriles is 1. The van der Waals surface area contributed by atoms with Gasteiger partial charge in [0.15, 0.2) is 0 Å². The maximum absolute atomic E-state index is 9.10. The second kappa shape index (κ2) is 10.6. The Balaban J connectivity index is 0.000000469. The van der Waals surface area contributed by atoms with Gasteiger partial charge in [0.25, 0.3) is 0 Å². The molecular formula is C22H23N3O5. The van der Waals surface area contributed by atoms with Crippen molar-refractivity contribution < 1.29 is 24.5 Å². The van der Waals surface area contributed by atoms with Crippen molar-refractivity contribution in [3.05, 3.63) is 64.8 Å². The molecule has 0 bridgehead atoms. The third-order valence-electron chi connectivity index (χ3n) is 4.47. The predicted octanol–water partition coefficient (Wildman–Crippen LogP) is 2.84. The van der Waals surface area contributed by atoms with E-state index < -0.39 is 11.9 Å². The number of carboxylic acid groups (broad SMARTS) is 2. The molecule has 0 saturated heterocycles. The average molecular weight is 409 g/mol. The highest BCUT2D eigenvalue weighted by Gasteiger charge is 2.09. The third kappa shape index (κ3) is 6.09. The number of nitrogens with one attached hydrogen (secondary N) is 2. The van der Waals surface area contributed by atoms with E-state index in [0.717, 1.165) is 30.8 Å². The third-order valence-corrected chi connectivity index (χ3v) is 4.47. The van der Waals surface area contributed by atoms with E-state index >= 15 is 0 Å². The molecule has 0 radical (unpaired) electrons. The molecule has 0 atom stereocenters. The van der Waals surface area contributed by atoms with Gasteiger partial charge in [-0.2, -0.15) is 5.26 Å². The Morgan fingerprint density at radius 2 is 1.80 bits per heavy atom. The first-order valence-corrected chi connectivity index (χ1v) is 9.17. The number of aliphatic carboxylic acids is 2. The van der Waals surface area contributed by atoms with Crippen LogP contribution < -0.4 is 10.1 Å². The van der Waals surface area contributed by atoms with Crippen molar-refractivity contribution in [3.8, 4) is 11.8 Å². The van der Waals surface area contributed by atoms with E-state index in [1.807, 2.05) is 30.3 Å². The summed E-state index contributed by atoms with van der Waals surface area (Å²) < 4.78 is 5.34. The van der Waals surface area contributed by atoms with Crippen LogP contribution in [0.4, 0.5) is 0 Å². The molecular weight excluding hydrogens is 386 g/mol. The van der Waals surface area contributed by atoms with Gasteiger partial charge in [-0.3, -0.25) is 0 Å². The van der Waals surface area contributed by atoms with Gasteiger partial charge in [-0.15, -0.1) is 0 Å². The molecule has 156 valence electrons. The van der Waals surface area contributed by atoms with Gasteiger partial charge in [-0.25, -0.2) is 9.59 Å². The summed E-state index contributed by atoms with van der Waals surface area (Å²) in [7, 11) is 1.69. The summed E-state index contributed by atoms with van der Waals surface area (Å²) >= 11 is 0. The lowest BCUT2D eigenvalue weighted by Gasteiger charge is -2.06. The van der Waals surface area contributed by atoms with Crippen LogP contribution in [-0.4, -0.2) is 40.8 Å². The van der Waals surface area contributed by atoms with Crippen LogP contribution in [0, 0.1) is 18.3 Å². The van der Waals surface area contributed by atoms with Gasteiger partial charge >= 0.3 is 11.9 Å². The SMILES string of the molecule is COc1ccc2[nH]c(C)c(CCNCc3ccc(C#N)cc3)c2c1.O=C(O)C(=O)O. The van der Waals surface area contributed by atoms with Gasteiger partial charge in [0.05, 0.1) is 18.7 Å². The summed E-state index contributed by atoms with van der Waals surface area (Å²) in [6.07, 6.45) is 0.954. The van der Waals surface area contributed by atoms with Crippen LogP contribution in [0.25, 0.3) is 10.9 Å². The first-order chi connectivity index (χ1) is 14.3. The number of H-pyrrole nitrogens is 1. The molecule has 4 N–H and O–H groups in total. The van der Waals surface area contributed by atoms with Gasteiger partial charge in [-0.05, 0) is 61.3 Å². The summed E-state index contributed by atoms with van der Waals surface area (Å²) in [6.45, 7) is 3.81. The topological polar surface area (TPSA) is 135 Å². The van der Waals surface area contributed by atoms with Crippen molar-refractivity contribution in [2.45, 2.75) is 19.9 Å². The van der Waals surface area contributed by atoms with Crippen LogP contribution in [0.2, 0.25) is 0 Å². The molecule has 0 spiro atoms. The highest BCUT2D eigenvalue weighted by molar-refractivity contribution is 6.27. The number of aromatic nitrogens is 1. The van der Waals surface area contributed by atoms with Crippen molar-refractivity contribution in [2.24, 2.45) is 0 Å². The minimum absolute atomic E-state index is 0.696.